The Morgan fingerprint density at radius 1 is 1.07 bits per heavy atom. The number of nitrogens with zero attached hydrogens (tertiary/aromatic N) is 2. The lowest BCUT2D eigenvalue weighted by molar-refractivity contribution is -0.157. The molecule has 2 amide bonds. The fraction of sp³-hybridized carbons (Fsp3) is 0.500. The van der Waals surface area contributed by atoms with Crippen LogP contribution in [0.3, 0.4) is 0 Å². The average Bonchev–Trinajstić information content (AvgIpc) is 2.66. The monoisotopic (exact) mass is 413 g/mol. The number of amides is 2. The van der Waals surface area contributed by atoms with E-state index in [4.69, 9.17) is 4.74 Å². The molecular formula is C18H27N3O6S. The number of nitrogens with one attached hydrogen (secondary N) is 1. The minimum absolute atomic E-state index is 0.0863. The maximum Gasteiger partial charge on any atom is 0.326 e. The molecule has 0 saturated heterocycles. The molecule has 9 nitrogen and oxygen atoms in total. The van der Waals surface area contributed by atoms with E-state index in [0.717, 1.165) is 0 Å². The molecule has 0 aliphatic rings. The Balaban J connectivity index is 2.69. The Morgan fingerprint density at radius 2 is 1.61 bits per heavy atom. The van der Waals surface area contributed by atoms with Gasteiger partial charge < -0.3 is 15.0 Å². The van der Waals surface area contributed by atoms with Crippen molar-refractivity contribution >= 4 is 27.8 Å². The number of likely N-dealkylation sites (N-methyl/N-ethyl adjacent to an activating group) is 1. The molecule has 28 heavy (non-hydrogen) atoms. The van der Waals surface area contributed by atoms with Gasteiger partial charge in [-0.2, -0.15) is 4.31 Å². The van der Waals surface area contributed by atoms with Crippen molar-refractivity contribution in [1.29, 1.82) is 0 Å². The summed E-state index contributed by atoms with van der Waals surface area (Å²) in [5.41, 5.74) is 0.198. The van der Waals surface area contributed by atoms with E-state index in [1.807, 2.05) is 0 Å². The van der Waals surface area contributed by atoms with E-state index in [2.05, 4.69) is 5.32 Å². The quantitative estimate of drug-likeness (QED) is 0.589. The smallest absolute Gasteiger partial charge is 0.326 e. The SMILES string of the molecule is CCN(CC)S(=O)(=O)c1ccc(C(=O)NCC(=O)OC(C)C(=O)N(C)C)cc1. The standard InChI is InChI=1S/C18H27N3O6S/c1-6-21(7-2)28(25,26)15-10-8-14(9-11-15)17(23)19-12-16(22)27-13(3)18(24)20(4)5/h8-11,13H,6-7,12H2,1-5H3,(H,19,23). The molecule has 0 aliphatic carbocycles. The van der Waals surface area contributed by atoms with E-state index < -0.39 is 34.5 Å². The molecule has 0 aromatic heterocycles. The summed E-state index contributed by atoms with van der Waals surface area (Å²) in [5, 5.41) is 2.38. The molecule has 1 N–H and O–H groups in total. The Kier molecular flexibility index (Phi) is 8.58. The lowest BCUT2D eigenvalue weighted by Crippen LogP contribution is -2.38. The van der Waals surface area contributed by atoms with Crippen molar-refractivity contribution in [2.24, 2.45) is 0 Å². The highest BCUT2D eigenvalue weighted by Gasteiger charge is 2.22. The zero-order valence-electron chi connectivity index (χ0n) is 16.8. The van der Waals surface area contributed by atoms with Crippen molar-refractivity contribution in [3.05, 3.63) is 29.8 Å². The van der Waals surface area contributed by atoms with Crippen LogP contribution in [0.1, 0.15) is 31.1 Å². The van der Waals surface area contributed by atoms with Crippen molar-refractivity contribution in [2.75, 3.05) is 33.7 Å². The van der Waals surface area contributed by atoms with Gasteiger partial charge >= 0.3 is 5.97 Å². The summed E-state index contributed by atoms with van der Waals surface area (Å²) < 4.78 is 31.1. The first kappa shape index (κ1) is 23.6. The van der Waals surface area contributed by atoms with Crippen LogP contribution in [-0.2, 0) is 24.3 Å². The number of carbonyl (C=O) groups excluding carboxylic acids is 3. The third-order valence-corrected chi connectivity index (χ3v) is 6.01. The molecule has 0 fully saturated rings. The van der Waals surface area contributed by atoms with Gasteiger partial charge in [-0.3, -0.25) is 14.4 Å². The van der Waals surface area contributed by atoms with Crippen molar-refractivity contribution < 1.29 is 27.5 Å². The van der Waals surface area contributed by atoms with Gasteiger partial charge in [0.1, 0.15) is 6.54 Å². The van der Waals surface area contributed by atoms with E-state index in [-0.39, 0.29) is 16.4 Å². The Morgan fingerprint density at radius 3 is 2.07 bits per heavy atom. The third kappa shape index (κ3) is 6.03. The van der Waals surface area contributed by atoms with Gasteiger partial charge in [0.05, 0.1) is 4.90 Å². The van der Waals surface area contributed by atoms with Gasteiger partial charge in [0.2, 0.25) is 10.0 Å². The number of sulfonamides is 1. The normalized spacial score (nSPS) is 12.4. The van der Waals surface area contributed by atoms with Gasteiger partial charge in [-0.1, -0.05) is 13.8 Å². The second-order valence-corrected chi connectivity index (χ2v) is 8.10. The van der Waals surface area contributed by atoms with Gasteiger partial charge in [-0.05, 0) is 31.2 Å². The van der Waals surface area contributed by atoms with Crippen LogP contribution in [0.2, 0.25) is 0 Å². The van der Waals surface area contributed by atoms with Crippen LogP contribution < -0.4 is 5.32 Å². The summed E-state index contributed by atoms with van der Waals surface area (Å²) in [6.45, 7) is 5.21. The van der Waals surface area contributed by atoms with Crippen LogP contribution in [0.4, 0.5) is 0 Å². The third-order valence-electron chi connectivity index (χ3n) is 3.95. The summed E-state index contributed by atoms with van der Waals surface area (Å²) >= 11 is 0. The van der Waals surface area contributed by atoms with E-state index >= 15 is 0 Å². The summed E-state index contributed by atoms with van der Waals surface area (Å²) in [6.07, 6.45) is -0.955. The number of rotatable bonds is 9. The van der Waals surface area contributed by atoms with Crippen molar-refractivity contribution in [3.63, 3.8) is 0 Å². The zero-order chi connectivity index (χ0) is 21.5. The number of ether oxygens (including phenoxy) is 1. The first-order valence-electron chi connectivity index (χ1n) is 8.83. The van der Waals surface area contributed by atoms with Crippen molar-refractivity contribution in [2.45, 2.75) is 31.8 Å². The number of hydrogen-bond acceptors (Lipinski definition) is 6. The first-order valence-corrected chi connectivity index (χ1v) is 10.3. The average molecular weight is 413 g/mol. The van der Waals surface area contributed by atoms with Gasteiger partial charge in [0.25, 0.3) is 11.8 Å². The highest BCUT2D eigenvalue weighted by atomic mass is 32.2. The molecule has 0 radical (unpaired) electrons. The van der Waals surface area contributed by atoms with Crippen molar-refractivity contribution in [3.8, 4) is 0 Å². The summed E-state index contributed by atoms with van der Waals surface area (Å²) in [4.78, 5) is 36.9. The lowest BCUT2D eigenvalue weighted by Gasteiger charge is -2.18. The molecule has 0 saturated carbocycles. The predicted octanol–water partition coefficient (Wildman–Crippen LogP) is 0.467. The van der Waals surface area contributed by atoms with Crippen LogP contribution in [0.5, 0.6) is 0 Å². The first-order chi connectivity index (χ1) is 13.0. The largest absolute Gasteiger partial charge is 0.451 e. The molecule has 0 spiro atoms. The lowest BCUT2D eigenvalue weighted by atomic mass is 10.2. The van der Waals surface area contributed by atoms with Crippen LogP contribution in [-0.4, -0.2) is 75.2 Å². The Bertz CT molecular complexity index is 801. The van der Waals surface area contributed by atoms with E-state index in [1.165, 1.54) is 40.4 Å². The number of benzene rings is 1. The van der Waals surface area contributed by atoms with Gasteiger partial charge in [-0.15, -0.1) is 0 Å². The summed E-state index contributed by atoms with van der Waals surface area (Å²) in [6, 6.07) is 5.43. The van der Waals surface area contributed by atoms with Gasteiger partial charge in [0, 0.05) is 32.7 Å². The predicted molar refractivity (Wildman–Crippen MR) is 103 cm³/mol. The minimum Gasteiger partial charge on any atom is -0.451 e. The second kappa shape index (κ2) is 10.2. The molecule has 0 heterocycles. The molecule has 1 rings (SSSR count). The molecule has 1 aromatic rings. The highest BCUT2D eigenvalue weighted by Crippen LogP contribution is 2.16. The summed E-state index contributed by atoms with van der Waals surface area (Å²) in [7, 11) is -0.526. The van der Waals surface area contributed by atoms with Gasteiger partial charge in [0.15, 0.2) is 6.10 Å². The number of hydrogen-bond donors (Lipinski definition) is 1. The van der Waals surface area contributed by atoms with E-state index in [1.54, 1.807) is 27.9 Å². The van der Waals surface area contributed by atoms with E-state index in [0.29, 0.717) is 13.1 Å². The fourth-order valence-corrected chi connectivity index (χ4v) is 3.86. The Hall–Kier alpha value is -2.46. The van der Waals surface area contributed by atoms with E-state index in [9.17, 15) is 22.8 Å². The maximum absolute atomic E-state index is 12.4. The molecule has 10 heteroatoms. The van der Waals surface area contributed by atoms with Crippen LogP contribution in [0, 0.1) is 0 Å². The van der Waals surface area contributed by atoms with Crippen LogP contribution in [0.25, 0.3) is 0 Å². The Labute approximate surface area is 165 Å². The summed E-state index contributed by atoms with van der Waals surface area (Å²) in [5.74, 6) is -1.68. The van der Waals surface area contributed by atoms with Crippen LogP contribution in [0.15, 0.2) is 29.2 Å². The molecule has 1 aromatic carbocycles. The fourth-order valence-electron chi connectivity index (χ4n) is 2.40. The minimum atomic E-state index is -3.61. The molecular weight excluding hydrogens is 386 g/mol. The highest BCUT2D eigenvalue weighted by molar-refractivity contribution is 7.89. The zero-order valence-corrected chi connectivity index (χ0v) is 17.6. The second-order valence-electron chi connectivity index (χ2n) is 6.16. The van der Waals surface area contributed by atoms with Crippen LogP contribution >= 0.6 is 0 Å². The molecule has 1 atom stereocenters. The molecule has 156 valence electrons. The van der Waals surface area contributed by atoms with Gasteiger partial charge in [-0.25, -0.2) is 8.42 Å². The van der Waals surface area contributed by atoms with Crippen molar-refractivity contribution in [1.82, 2.24) is 14.5 Å². The number of esters is 1. The topological polar surface area (TPSA) is 113 Å². The number of carbonyl (C=O) groups is 3. The maximum atomic E-state index is 12.4. The molecule has 0 aliphatic heterocycles. The molecule has 1 unspecified atom stereocenters. The molecule has 0 bridgehead atoms.